The highest BCUT2D eigenvalue weighted by atomic mass is 35.8. The molecule has 0 heterocycles. The summed E-state index contributed by atoms with van der Waals surface area (Å²) in [5, 5.41) is 11.6. The van der Waals surface area contributed by atoms with Crippen LogP contribution < -0.4 is 0 Å². The Balaban J connectivity index is 2.27. The number of hydrogen-bond acceptors (Lipinski definition) is 6. The maximum absolute atomic E-state index is 12.4. The van der Waals surface area contributed by atoms with Crippen LogP contribution in [0.1, 0.15) is 132 Å². The number of ether oxygens (including phenoxy) is 2. The number of benzene rings is 1. The van der Waals surface area contributed by atoms with E-state index in [-0.39, 0.29) is 35.8 Å². The number of nitrogens with zero attached hydrogens (tertiary/aromatic N) is 1. The van der Waals surface area contributed by atoms with Crippen molar-refractivity contribution in [1.82, 2.24) is 0 Å². The summed E-state index contributed by atoms with van der Waals surface area (Å²) in [5.74, 6) is -0.974. The number of esters is 2. The van der Waals surface area contributed by atoms with Crippen LogP contribution >= 0.6 is 33.2 Å². The monoisotopic (exact) mass is 637 g/mol. The molecule has 0 atom stereocenters. The molecule has 40 heavy (non-hydrogen) atoms. The van der Waals surface area contributed by atoms with Gasteiger partial charge in [0, 0.05) is 12.5 Å². The normalized spacial score (nSPS) is 11.4. The van der Waals surface area contributed by atoms with Gasteiger partial charge in [-0.2, -0.15) is 0 Å². The zero-order valence-electron chi connectivity index (χ0n) is 23.9. The van der Waals surface area contributed by atoms with Crippen LogP contribution in [0.15, 0.2) is 18.2 Å². The van der Waals surface area contributed by atoms with Crippen molar-refractivity contribution in [1.29, 1.82) is 0 Å². The molecule has 7 nitrogen and oxygen atoms in total. The first-order valence-corrected chi connectivity index (χ1v) is 20.0. The highest BCUT2D eigenvalue weighted by Crippen LogP contribution is 2.28. The SMILES string of the molecule is CCCCCCCCCCOC(=O)c1ccc(COC(=O)CCCCCCCCCC[Si](Cl)(Cl)Cl)c([N+](=O)[O-])c1. The number of nitro benzene ring substituents is 1. The molecule has 1 rings (SSSR count). The maximum atomic E-state index is 12.4. The number of unbranched alkanes of at least 4 members (excludes halogenated alkanes) is 14. The standard InChI is InChI=1S/C29H46Cl3NO6Si/c1-2-3-4-5-6-10-13-16-21-38-29(35)25-19-20-26(27(23-25)33(36)37)24-39-28(34)18-15-12-9-7-8-11-14-17-22-40(30,31)32/h19-20,23H,2-18,21-22,24H2,1H3. The van der Waals surface area contributed by atoms with Crippen LogP contribution in [0.4, 0.5) is 5.69 Å². The Kier molecular flexibility index (Phi) is 20.4. The van der Waals surface area contributed by atoms with E-state index in [0.717, 1.165) is 64.2 Å². The van der Waals surface area contributed by atoms with Crippen LogP contribution in [0, 0.1) is 10.1 Å². The molecular weight excluding hydrogens is 593 g/mol. The van der Waals surface area contributed by atoms with E-state index in [9.17, 15) is 19.7 Å². The molecule has 0 N–H and O–H groups in total. The lowest BCUT2D eigenvalue weighted by atomic mass is 10.1. The van der Waals surface area contributed by atoms with E-state index in [1.165, 1.54) is 50.3 Å². The fourth-order valence-corrected chi connectivity index (χ4v) is 6.21. The molecule has 0 aliphatic rings. The Morgan fingerprint density at radius 3 is 1.93 bits per heavy atom. The quantitative estimate of drug-likeness (QED) is 0.0279. The third-order valence-corrected chi connectivity index (χ3v) is 9.35. The van der Waals surface area contributed by atoms with Gasteiger partial charge in [0.25, 0.3) is 5.69 Å². The van der Waals surface area contributed by atoms with Crippen molar-refractivity contribution in [2.75, 3.05) is 6.61 Å². The van der Waals surface area contributed by atoms with Crippen LogP contribution in [-0.2, 0) is 20.9 Å². The summed E-state index contributed by atoms with van der Waals surface area (Å²) < 4.78 is 10.6. The van der Waals surface area contributed by atoms with Crippen molar-refractivity contribution >= 4 is 56.9 Å². The summed E-state index contributed by atoms with van der Waals surface area (Å²) in [6, 6.07) is 2.34. The third-order valence-electron chi connectivity index (χ3n) is 6.73. The lowest BCUT2D eigenvalue weighted by Crippen LogP contribution is -2.09. The Bertz CT molecular complexity index is 882. The molecule has 1 aromatic rings. The zero-order valence-corrected chi connectivity index (χ0v) is 27.2. The van der Waals surface area contributed by atoms with Crippen molar-refractivity contribution in [3.63, 3.8) is 0 Å². The molecule has 0 unspecified atom stereocenters. The topological polar surface area (TPSA) is 95.7 Å². The molecule has 0 saturated heterocycles. The van der Waals surface area contributed by atoms with E-state index in [4.69, 9.17) is 42.7 Å². The van der Waals surface area contributed by atoms with Gasteiger partial charge in [0.15, 0.2) is 0 Å². The van der Waals surface area contributed by atoms with E-state index in [2.05, 4.69) is 6.92 Å². The molecule has 0 amide bonds. The first-order chi connectivity index (χ1) is 19.1. The number of nitro groups is 1. The highest BCUT2D eigenvalue weighted by Gasteiger charge is 2.23. The van der Waals surface area contributed by atoms with Crippen molar-refractivity contribution < 1.29 is 24.0 Å². The molecule has 0 fully saturated rings. The molecule has 11 heteroatoms. The van der Waals surface area contributed by atoms with Crippen molar-refractivity contribution in [3.05, 3.63) is 39.4 Å². The number of halogens is 3. The predicted molar refractivity (Wildman–Crippen MR) is 165 cm³/mol. The van der Waals surface area contributed by atoms with Crippen molar-refractivity contribution in [2.24, 2.45) is 0 Å². The molecule has 0 bridgehead atoms. The minimum absolute atomic E-state index is 0.119. The van der Waals surface area contributed by atoms with E-state index in [0.29, 0.717) is 19.1 Å². The van der Waals surface area contributed by atoms with Gasteiger partial charge in [0.2, 0.25) is 0 Å². The number of carbonyl (C=O) groups is 2. The van der Waals surface area contributed by atoms with Crippen LogP contribution in [0.25, 0.3) is 0 Å². The summed E-state index contributed by atoms with van der Waals surface area (Å²) in [6.45, 7) is 2.28. The van der Waals surface area contributed by atoms with Gasteiger partial charge in [0.1, 0.15) is 6.61 Å². The summed E-state index contributed by atoms with van der Waals surface area (Å²) in [6.07, 6.45) is 17.4. The van der Waals surface area contributed by atoms with Gasteiger partial charge in [0.05, 0.1) is 22.7 Å². The lowest BCUT2D eigenvalue weighted by Gasteiger charge is -2.08. The second kappa shape index (κ2) is 22.3. The second-order valence-corrected chi connectivity index (χ2v) is 19.6. The van der Waals surface area contributed by atoms with Crippen molar-refractivity contribution in [2.45, 2.75) is 129 Å². The third kappa shape index (κ3) is 18.9. The number of hydrogen-bond donors (Lipinski definition) is 0. The van der Waals surface area contributed by atoms with E-state index >= 15 is 0 Å². The van der Waals surface area contributed by atoms with E-state index < -0.39 is 16.9 Å². The largest absolute Gasteiger partial charge is 0.462 e. The molecule has 0 spiro atoms. The Morgan fingerprint density at radius 2 is 1.35 bits per heavy atom. The van der Waals surface area contributed by atoms with Crippen LogP contribution in [0.5, 0.6) is 0 Å². The van der Waals surface area contributed by atoms with Gasteiger partial charge >= 0.3 is 17.9 Å². The molecule has 1 aromatic carbocycles. The molecule has 0 aromatic heterocycles. The van der Waals surface area contributed by atoms with Gasteiger partial charge in [-0.25, -0.2) is 4.79 Å². The molecule has 0 radical (unpaired) electrons. The minimum Gasteiger partial charge on any atom is -0.462 e. The molecule has 0 aliphatic heterocycles. The Hall–Kier alpha value is -1.35. The zero-order chi connectivity index (χ0) is 29.6. The second-order valence-electron chi connectivity index (χ2n) is 10.3. The molecule has 228 valence electrons. The van der Waals surface area contributed by atoms with Gasteiger partial charge in [-0.05, 0) is 31.0 Å². The van der Waals surface area contributed by atoms with Crippen molar-refractivity contribution in [3.8, 4) is 0 Å². The van der Waals surface area contributed by atoms with Gasteiger partial charge < -0.3 is 9.47 Å². The van der Waals surface area contributed by atoms with Crippen LogP contribution in [0.2, 0.25) is 6.04 Å². The van der Waals surface area contributed by atoms with E-state index in [1.54, 1.807) is 0 Å². The van der Waals surface area contributed by atoms with E-state index in [1.807, 2.05) is 0 Å². The average molecular weight is 639 g/mol. The molecule has 0 aliphatic carbocycles. The number of rotatable bonds is 24. The summed E-state index contributed by atoms with van der Waals surface area (Å²) >= 11 is 17.6. The summed E-state index contributed by atoms with van der Waals surface area (Å²) in [7, 11) is 0. The molecular formula is C29H46Cl3NO6Si. The highest BCUT2D eigenvalue weighted by molar-refractivity contribution is 7.64. The average Bonchev–Trinajstić information content (AvgIpc) is 2.91. The first kappa shape index (κ1) is 36.7. The summed E-state index contributed by atoms with van der Waals surface area (Å²) in [5.41, 5.74) is 0.106. The lowest BCUT2D eigenvalue weighted by molar-refractivity contribution is -0.385. The molecule has 0 saturated carbocycles. The van der Waals surface area contributed by atoms with Crippen LogP contribution in [0.3, 0.4) is 0 Å². The fraction of sp³-hybridized carbons (Fsp3) is 0.724. The van der Waals surface area contributed by atoms with Gasteiger partial charge in [-0.1, -0.05) is 96.8 Å². The van der Waals surface area contributed by atoms with Gasteiger partial charge in [-0.3, -0.25) is 14.9 Å². The first-order valence-electron chi connectivity index (χ1n) is 14.8. The fourth-order valence-electron chi connectivity index (χ4n) is 4.35. The Labute approximate surface area is 254 Å². The Morgan fingerprint density at radius 1 is 0.800 bits per heavy atom. The predicted octanol–water partition coefficient (Wildman–Crippen LogP) is 10.1. The minimum atomic E-state index is -2.49. The smallest absolute Gasteiger partial charge is 0.341 e. The maximum Gasteiger partial charge on any atom is 0.341 e. The van der Waals surface area contributed by atoms with Crippen LogP contribution in [-0.4, -0.2) is 29.5 Å². The summed E-state index contributed by atoms with van der Waals surface area (Å²) in [4.78, 5) is 35.5. The van der Waals surface area contributed by atoms with Gasteiger partial charge in [-0.15, -0.1) is 33.2 Å². The number of carbonyl (C=O) groups excluding carboxylic acids is 2.